The summed E-state index contributed by atoms with van der Waals surface area (Å²) in [5.74, 6) is 0. The molecule has 1 nitrogen and oxygen atoms in total. The van der Waals surface area contributed by atoms with Gasteiger partial charge in [0.1, 0.15) is 0 Å². The fourth-order valence-electron chi connectivity index (χ4n) is 1.26. The second-order valence-electron chi connectivity index (χ2n) is 3.03. The lowest BCUT2D eigenvalue weighted by Gasteiger charge is -2.24. The summed E-state index contributed by atoms with van der Waals surface area (Å²) in [6, 6.07) is 0. The van der Waals surface area contributed by atoms with E-state index in [1.165, 1.54) is 0 Å². The molecule has 0 amide bonds. The average molecular weight is 165 g/mol. The summed E-state index contributed by atoms with van der Waals surface area (Å²) in [5.41, 5.74) is -0.0922. The van der Waals surface area contributed by atoms with E-state index in [0.717, 1.165) is 25.7 Å². The Morgan fingerprint density at radius 3 is 1.80 bits per heavy atom. The third kappa shape index (κ3) is 3.43. The van der Waals surface area contributed by atoms with Crippen molar-refractivity contribution in [2.75, 3.05) is 0 Å². The third-order valence-corrected chi connectivity index (χ3v) is 2.12. The zero-order valence-electron chi connectivity index (χ0n) is 7.11. The molecule has 0 saturated heterocycles. The van der Waals surface area contributed by atoms with Crippen LogP contribution >= 0.6 is 11.9 Å². The number of hydrogen-bond acceptors (Lipinski definition) is 1. The Hall–Kier alpha value is 0.250. The molecule has 0 spiro atoms. The highest BCUT2D eigenvalue weighted by atomic mass is 35.5. The van der Waals surface area contributed by atoms with Crippen LogP contribution in [0.2, 0.25) is 0 Å². The standard InChI is InChI=1S/C8H17ClO/c1-4-6-8(3,10-9)7-5-2/h4-7H2,1-3H3. The summed E-state index contributed by atoms with van der Waals surface area (Å²) in [6.45, 7) is 6.35. The summed E-state index contributed by atoms with van der Waals surface area (Å²) >= 11 is 5.37. The van der Waals surface area contributed by atoms with Gasteiger partial charge in [-0.25, -0.2) is 0 Å². The SMILES string of the molecule is CCCC(C)(CCC)OCl. The topological polar surface area (TPSA) is 9.23 Å². The van der Waals surface area contributed by atoms with Gasteiger partial charge in [0.2, 0.25) is 0 Å². The van der Waals surface area contributed by atoms with Gasteiger partial charge in [-0.05, 0) is 19.8 Å². The van der Waals surface area contributed by atoms with Crippen LogP contribution in [0, 0.1) is 0 Å². The second-order valence-corrected chi connectivity index (χ2v) is 3.18. The van der Waals surface area contributed by atoms with Crippen molar-refractivity contribution >= 4 is 11.9 Å². The van der Waals surface area contributed by atoms with Crippen molar-refractivity contribution in [3.8, 4) is 0 Å². The van der Waals surface area contributed by atoms with E-state index in [0.29, 0.717) is 0 Å². The Labute approximate surface area is 68.9 Å². The molecule has 0 unspecified atom stereocenters. The molecule has 0 aromatic rings. The number of rotatable bonds is 5. The third-order valence-electron chi connectivity index (χ3n) is 1.74. The monoisotopic (exact) mass is 164 g/mol. The molecule has 0 aromatic heterocycles. The Morgan fingerprint density at radius 1 is 1.20 bits per heavy atom. The van der Waals surface area contributed by atoms with Gasteiger partial charge in [0.15, 0.2) is 0 Å². The smallest absolute Gasteiger partial charge is 0.0869 e. The van der Waals surface area contributed by atoms with E-state index in [4.69, 9.17) is 16.2 Å². The summed E-state index contributed by atoms with van der Waals surface area (Å²) in [6.07, 6.45) is 4.35. The summed E-state index contributed by atoms with van der Waals surface area (Å²) in [7, 11) is 0. The maximum absolute atomic E-state index is 5.37. The van der Waals surface area contributed by atoms with E-state index in [9.17, 15) is 0 Å². The molecule has 62 valence electrons. The highest BCUT2D eigenvalue weighted by molar-refractivity contribution is 6.07. The van der Waals surface area contributed by atoms with E-state index < -0.39 is 0 Å². The molecule has 2 heteroatoms. The predicted molar refractivity (Wildman–Crippen MR) is 45.2 cm³/mol. The van der Waals surface area contributed by atoms with Crippen molar-refractivity contribution in [2.45, 2.75) is 52.1 Å². The van der Waals surface area contributed by atoms with Crippen LogP contribution < -0.4 is 0 Å². The van der Waals surface area contributed by atoms with Gasteiger partial charge in [-0.15, -0.1) is 0 Å². The van der Waals surface area contributed by atoms with Gasteiger partial charge >= 0.3 is 0 Å². The minimum Gasteiger partial charge on any atom is -0.273 e. The molecule has 0 aliphatic rings. The van der Waals surface area contributed by atoms with Gasteiger partial charge < -0.3 is 0 Å². The minimum absolute atomic E-state index is 0.0922. The van der Waals surface area contributed by atoms with Crippen molar-refractivity contribution in [3.05, 3.63) is 0 Å². The first-order valence-corrected chi connectivity index (χ1v) is 4.29. The Balaban J connectivity index is 3.69. The molecule has 0 bridgehead atoms. The molecular formula is C8H17ClO. The highest BCUT2D eigenvalue weighted by Crippen LogP contribution is 2.24. The van der Waals surface area contributed by atoms with E-state index in [-0.39, 0.29) is 5.60 Å². The first-order chi connectivity index (χ1) is 4.68. The van der Waals surface area contributed by atoms with Crippen molar-refractivity contribution in [2.24, 2.45) is 0 Å². The molecule has 0 aliphatic carbocycles. The van der Waals surface area contributed by atoms with Crippen molar-refractivity contribution in [3.63, 3.8) is 0 Å². The molecule has 0 aromatic carbocycles. The van der Waals surface area contributed by atoms with Crippen LogP contribution in [0.25, 0.3) is 0 Å². The molecule has 0 heterocycles. The number of halogens is 1. The second kappa shape index (κ2) is 4.97. The lowest BCUT2D eigenvalue weighted by Crippen LogP contribution is -2.24. The number of hydrogen-bond donors (Lipinski definition) is 0. The molecule has 10 heavy (non-hydrogen) atoms. The Morgan fingerprint density at radius 2 is 1.60 bits per heavy atom. The Kier molecular flexibility index (Phi) is 5.10. The van der Waals surface area contributed by atoms with Crippen LogP contribution in [0.15, 0.2) is 0 Å². The van der Waals surface area contributed by atoms with Gasteiger partial charge in [-0.1, -0.05) is 26.7 Å². The van der Waals surface area contributed by atoms with E-state index in [2.05, 4.69) is 20.8 Å². The molecule has 0 radical (unpaired) electrons. The Bertz CT molecular complexity index is 77.3. The van der Waals surface area contributed by atoms with Crippen LogP contribution in [0.1, 0.15) is 46.5 Å². The molecule has 0 fully saturated rings. The molecule has 0 rings (SSSR count). The maximum atomic E-state index is 5.37. The van der Waals surface area contributed by atoms with E-state index >= 15 is 0 Å². The first-order valence-electron chi connectivity index (χ1n) is 3.98. The lowest BCUT2D eigenvalue weighted by atomic mass is 9.95. The zero-order chi connectivity index (χ0) is 8.04. The van der Waals surface area contributed by atoms with Gasteiger partial charge in [-0.3, -0.25) is 4.29 Å². The van der Waals surface area contributed by atoms with Crippen LogP contribution in [0.5, 0.6) is 0 Å². The highest BCUT2D eigenvalue weighted by Gasteiger charge is 2.22. The molecule has 0 aliphatic heterocycles. The van der Waals surface area contributed by atoms with Crippen LogP contribution in [0.3, 0.4) is 0 Å². The normalized spacial score (nSPS) is 12.0. The molecule has 0 N–H and O–H groups in total. The molecule has 0 saturated carbocycles. The summed E-state index contributed by atoms with van der Waals surface area (Å²) in [5, 5.41) is 0. The zero-order valence-corrected chi connectivity index (χ0v) is 7.87. The van der Waals surface area contributed by atoms with Gasteiger partial charge in [0.25, 0.3) is 0 Å². The molecule has 0 atom stereocenters. The van der Waals surface area contributed by atoms with Gasteiger partial charge in [0.05, 0.1) is 17.5 Å². The summed E-state index contributed by atoms with van der Waals surface area (Å²) in [4.78, 5) is 0. The predicted octanol–water partition coefficient (Wildman–Crippen LogP) is 3.52. The largest absolute Gasteiger partial charge is 0.273 e. The van der Waals surface area contributed by atoms with Crippen molar-refractivity contribution < 1.29 is 4.29 Å². The van der Waals surface area contributed by atoms with Crippen LogP contribution in [-0.4, -0.2) is 5.60 Å². The van der Waals surface area contributed by atoms with Gasteiger partial charge in [-0.2, -0.15) is 0 Å². The van der Waals surface area contributed by atoms with Crippen LogP contribution in [-0.2, 0) is 4.29 Å². The van der Waals surface area contributed by atoms with Crippen molar-refractivity contribution in [1.29, 1.82) is 0 Å². The maximum Gasteiger partial charge on any atom is 0.0869 e. The first kappa shape index (κ1) is 10.2. The van der Waals surface area contributed by atoms with E-state index in [1.54, 1.807) is 0 Å². The lowest BCUT2D eigenvalue weighted by molar-refractivity contribution is 0.0805. The quantitative estimate of drug-likeness (QED) is 0.604. The van der Waals surface area contributed by atoms with E-state index in [1.807, 2.05) is 0 Å². The molecular weight excluding hydrogens is 148 g/mol. The van der Waals surface area contributed by atoms with Crippen LogP contribution in [0.4, 0.5) is 0 Å². The fraction of sp³-hybridized carbons (Fsp3) is 1.00. The fourth-order valence-corrected chi connectivity index (χ4v) is 1.41. The van der Waals surface area contributed by atoms with Crippen molar-refractivity contribution in [1.82, 2.24) is 0 Å². The minimum atomic E-state index is -0.0922. The van der Waals surface area contributed by atoms with Gasteiger partial charge in [0, 0.05) is 0 Å². The average Bonchev–Trinajstić information content (AvgIpc) is 1.89. The summed E-state index contributed by atoms with van der Waals surface area (Å²) < 4.78 is 4.89.